The molecule has 0 aliphatic carbocycles. The second-order valence-corrected chi connectivity index (χ2v) is 12.5. The monoisotopic (exact) mass is 653 g/mol. The van der Waals surface area contributed by atoms with Crippen molar-refractivity contribution < 1.29 is 40.1 Å². The lowest BCUT2D eigenvalue weighted by atomic mass is 10.0. The SMILES string of the molecule is Cc1cc(COC(CO)CO)c(O)c(CN2CCCN(Cc3cc(C)cc(COC(CO)CO)c3O)CCc3cccc(n3)CC2)c1. The van der Waals surface area contributed by atoms with Gasteiger partial charge in [-0.2, -0.15) is 0 Å². The molecule has 2 bridgehead atoms. The molecule has 0 atom stereocenters. The number of aromatic nitrogens is 1. The minimum Gasteiger partial charge on any atom is -0.507 e. The fourth-order valence-electron chi connectivity index (χ4n) is 5.96. The Morgan fingerprint density at radius 1 is 0.638 bits per heavy atom. The van der Waals surface area contributed by atoms with Gasteiger partial charge in [0.25, 0.3) is 0 Å². The highest BCUT2D eigenvalue weighted by Gasteiger charge is 2.19. The summed E-state index contributed by atoms with van der Waals surface area (Å²) in [7, 11) is 0. The van der Waals surface area contributed by atoms with Gasteiger partial charge < -0.3 is 40.1 Å². The Labute approximate surface area is 277 Å². The molecule has 6 N–H and O–H groups in total. The molecule has 0 amide bonds. The van der Waals surface area contributed by atoms with Crippen molar-refractivity contribution in [2.45, 2.75) is 71.6 Å². The van der Waals surface area contributed by atoms with Crippen molar-refractivity contribution in [3.8, 4) is 11.5 Å². The normalized spacial score (nSPS) is 15.2. The Kier molecular flexibility index (Phi) is 14.4. The van der Waals surface area contributed by atoms with E-state index in [2.05, 4.69) is 21.9 Å². The summed E-state index contributed by atoms with van der Waals surface area (Å²) in [5, 5.41) is 59.9. The van der Waals surface area contributed by atoms with E-state index in [4.69, 9.17) is 14.5 Å². The van der Waals surface area contributed by atoms with E-state index in [0.717, 1.165) is 79.1 Å². The second kappa shape index (κ2) is 18.4. The van der Waals surface area contributed by atoms with E-state index in [0.29, 0.717) is 24.2 Å². The number of aromatic hydroxyl groups is 2. The summed E-state index contributed by atoms with van der Waals surface area (Å²) in [6.07, 6.45) is 1.03. The third kappa shape index (κ3) is 10.9. The molecule has 2 heterocycles. The largest absolute Gasteiger partial charge is 0.507 e. The number of aliphatic hydroxyl groups is 4. The van der Waals surface area contributed by atoms with Crippen LogP contribution in [0.15, 0.2) is 42.5 Å². The molecule has 11 nitrogen and oxygen atoms in total. The van der Waals surface area contributed by atoms with E-state index in [-0.39, 0.29) is 51.1 Å². The van der Waals surface area contributed by atoms with Crippen molar-refractivity contribution in [1.82, 2.24) is 14.8 Å². The maximum atomic E-state index is 11.2. The van der Waals surface area contributed by atoms with E-state index in [1.807, 2.05) is 44.2 Å². The van der Waals surface area contributed by atoms with Gasteiger partial charge in [0.15, 0.2) is 0 Å². The number of phenolic OH excluding ortho intramolecular Hbond substituents is 2. The van der Waals surface area contributed by atoms with Crippen LogP contribution in [0.25, 0.3) is 0 Å². The second-order valence-electron chi connectivity index (χ2n) is 12.5. The van der Waals surface area contributed by atoms with Gasteiger partial charge in [0, 0.05) is 72.7 Å². The summed E-state index contributed by atoms with van der Waals surface area (Å²) < 4.78 is 11.2. The van der Waals surface area contributed by atoms with Gasteiger partial charge in [-0.1, -0.05) is 41.5 Å². The molecule has 3 aromatic rings. The average molecular weight is 654 g/mol. The van der Waals surface area contributed by atoms with Gasteiger partial charge in [0.05, 0.1) is 39.6 Å². The quantitative estimate of drug-likeness (QED) is 0.152. The van der Waals surface area contributed by atoms with Crippen LogP contribution in [0.5, 0.6) is 11.5 Å². The lowest BCUT2D eigenvalue weighted by molar-refractivity contribution is -0.0290. The van der Waals surface area contributed by atoms with E-state index in [9.17, 15) is 30.6 Å². The topological polar surface area (TPSA) is 159 Å². The molecule has 0 spiro atoms. The van der Waals surface area contributed by atoms with Crippen molar-refractivity contribution in [2.24, 2.45) is 0 Å². The van der Waals surface area contributed by atoms with Crippen molar-refractivity contribution in [3.63, 3.8) is 0 Å². The molecule has 47 heavy (non-hydrogen) atoms. The standard InChI is InChI=1S/C36H51N3O8/c1-25-13-27(35(44)29(15-25)23-46-33(19-40)20-41)17-38-9-4-10-39(12-8-32-6-3-5-31(37-32)7-11-38)18-28-14-26(2)16-30(36(28)45)24-47-34(21-42)22-43/h3,5-6,13-16,33-34,40-45H,4,7-12,17-24H2,1-2H3. The van der Waals surface area contributed by atoms with Crippen molar-refractivity contribution in [1.29, 1.82) is 0 Å². The van der Waals surface area contributed by atoms with E-state index < -0.39 is 12.2 Å². The zero-order valence-electron chi connectivity index (χ0n) is 27.6. The lowest BCUT2D eigenvalue weighted by Gasteiger charge is -2.28. The molecular formula is C36H51N3O8. The lowest BCUT2D eigenvalue weighted by Crippen LogP contribution is -2.33. The molecule has 0 saturated heterocycles. The van der Waals surface area contributed by atoms with Crippen molar-refractivity contribution in [3.05, 3.63) is 87.2 Å². The number of pyridine rings is 1. The fourth-order valence-corrected chi connectivity index (χ4v) is 5.96. The van der Waals surface area contributed by atoms with E-state index in [1.54, 1.807) is 0 Å². The van der Waals surface area contributed by atoms with Crippen LogP contribution < -0.4 is 0 Å². The minimum absolute atomic E-state index is 0.0844. The van der Waals surface area contributed by atoms with Crippen molar-refractivity contribution >= 4 is 0 Å². The van der Waals surface area contributed by atoms with Gasteiger partial charge in [-0.25, -0.2) is 0 Å². The molecule has 0 unspecified atom stereocenters. The van der Waals surface area contributed by atoms with Gasteiger partial charge in [-0.3, -0.25) is 14.8 Å². The first-order valence-electron chi connectivity index (χ1n) is 16.4. The van der Waals surface area contributed by atoms with Crippen LogP contribution in [-0.4, -0.2) is 110 Å². The maximum Gasteiger partial charge on any atom is 0.125 e. The summed E-state index contributed by atoms with van der Waals surface area (Å²) in [5.74, 6) is 0.328. The summed E-state index contributed by atoms with van der Waals surface area (Å²) in [6, 6.07) is 13.9. The number of nitrogens with zero attached hydrogens (tertiary/aromatic N) is 3. The molecule has 1 aliphatic rings. The summed E-state index contributed by atoms with van der Waals surface area (Å²) >= 11 is 0. The minimum atomic E-state index is -0.703. The van der Waals surface area contributed by atoms with Gasteiger partial charge in [-0.05, 0) is 45.5 Å². The number of hydrogen-bond donors (Lipinski definition) is 6. The first-order chi connectivity index (χ1) is 22.7. The number of hydrogen-bond acceptors (Lipinski definition) is 11. The highest BCUT2D eigenvalue weighted by atomic mass is 16.5. The molecule has 1 aromatic heterocycles. The van der Waals surface area contributed by atoms with Gasteiger partial charge in [0.1, 0.15) is 23.7 Å². The highest BCUT2D eigenvalue weighted by Crippen LogP contribution is 2.29. The smallest absolute Gasteiger partial charge is 0.125 e. The average Bonchev–Trinajstić information content (AvgIpc) is 3.06. The van der Waals surface area contributed by atoms with Gasteiger partial charge in [-0.15, -0.1) is 0 Å². The van der Waals surface area contributed by atoms with Gasteiger partial charge in [0.2, 0.25) is 0 Å². The van der Waals surface area contributed by atoms with Crippen LogP contribution in [0, 0.1) is 13.8 Å². The fraction of sp³-hybridized carbons (Fsp3) is 0.528. The predicted molar refractivity (Wildman–Crippen MR) is 178 cm³/mol. The van der Waals surface area contributed by atoms with Crippen molar-refractivity contribution in [2.75, 3.05) is 52.6 Å². The Morgan fingerprint density at radius 3 is 1.45 bits per heavy atom. The number of benzene rings is 2. The molecule has 11 heteroatoms. The molecule has 0 fully saturated rings. The zero-order valence-corrected chi connectivity index (χ0v) is 27.6. The van der Waals surface area contributed by atoms with E-state index >= 15 is 0 Å². The maximum absolute atomic E-state index is 11.2. The Balaban J connectivity index is 1.51. The summed E-state index contributed by atoms with van der Waals surface area (Å²) in [5.41, 5.74) is 6.84. The number of aliphatic hydroxyl groups excluding tert-OH is 4. The van der Waals surface area contributed by atoms with Crippen LogP contribution >= 0.6 is 0 Å². The van der Waals surface area contributed by atoms with Crippen LogP contribution in [0.1, 0.15) is 51.2 Å². The third-order valence-electron chi connectivity index (χ3n) is 8.56. The molecular weight excluding hydrogens is 602 g/mol. The zero-order chi connectivity index (χ0) is 33.8. The Bertz CT molecular complexity index is 1310. The predicted octanol–water partition coefficient (Wildman–Crippen LogP) is 2.34. The summed E-state index contributed by atoms with van der Waals surface area (Å²) in [6.45, 7) is 7.08. The molecule has 258 valence electrons. The number of fused-ring (bicyclic) bond motifs is 2. The van der Waals surface area contributed by atoms with Crippen LogP contribution in [0.3, 0.4) is 0 Å². The number of aryl methyl sites for hydroxylation is 2. The molecule has 0 saturated carbocycles. The van der Waals surface area contributed by atoms with Gasteiger partial charge >= 0.3 is 0 Å². The molecule has 2 aromatic carbocycles. The first kappa shape index (κ1) is 36.7. The van der Waals surface area contributed by atoms with E-state index in [1.165, 1.54) is 0 Å². The highest BCUT2D eigenvalue weighted by molar-refractivity contribution is 5.44. The first-order valence-corrected chi connectivity index (χ1v) is 16.4. The molecule has 4 rings (SSSR count). The number of rotatable bonds is 14. The summed E-state index contributed by atoms with van der Waals surface area (Å²) in [4.78, 5) is 9.59. The Hall–Kier alpha value is -3.13. The molecule has 0 radical (unpaired) electrons. The molecule has 1 aliphatic heterocycles. The number of phenols is 2. The van der Waals surface area contributed by atoms with Crippen LogP contribution in [0.4, 0.5) is 0 Å². The number of ether oxygens (including phenoxy) is 2. The van der Waals surface area contributed by atoms with Crippen LogP contribution in [-0.2, 0) is 48.6 Å². The third-order valence-corrected chi connectivity index (χ3v) is 8.56. The van der Waals surface area contributed by atoms with Crippen LogP contribution in [0.2, 0.25) is 0 Å². The Morgan fingerprint density at radius 2 is 1.04 bits per heavy atom.